The number of allylic oxidation sites excluding steroid dienone is 1. The Balaban J connectivity index is 2.07. The maximum atomic E-state index is 12.4. The molecule has 1 nitrogen and oxygen atoms in total. The first kappa shape index (κ1) is 14.0. The van der Waals surface area contributed by atoms with E-state index in [0.29, 0.717) is 0 Å². The smallest absolute Gasteiger partial charge is 0.157 e. The molecule has 0 radical (unpaired) electrons. The highest BCUT2D eigenvalue weighted by Crippen LogP contribution is 2.47. The van der Waals surface area contributed by atoms with Gasteiger partial charge in [0.2, 0.25) is 0 Å². The van der Waals surface area contributed by atoms with Crippen molar-refractivity contribution in [3.63, 3.8) is 0 Å². The molecule has 0 saturated carbocycles. The second-order valence-corrected chi connectivity index (χ2v) is 6.18. The largest absolute Gasteiger partial charge is 0.295 e. The predicted octanol–water partition coefficient (Wildman–Crippen LogP) is 5.35. The van der Waals surface area contributed by atoms with Gasteiger partial charge in [-0.3, -0.25) is 4.79 Å². The zero-order valence-corrected chi connectivity index (χ0v) is 13.3. The number of carbonyl (C=O) groups excluding carboxylic acids is 1. The molecule has 23 heavy (non-hydrogen) atoms. The molecule has 3 aromatic carbocycles. The second-order valence-electron chi connectivity index (χ2n) is 6.18. The summed E-state index contributed by atoms with van der Waals surface area (Å²) in [5.74, 6) is 0.292. The molecule has 0 fully saturated rings. The van der Waals surface area contributed by atoms with Gasteiger partial charge in [0.05, 0.1) is 0 Å². The molecule has 0 aromatic heterocycles. The third kappa shape index (κ3) is 2.04. The summed E-state index contributed by atoms with van der Waals surface area (Å²) in [6.07, 6.45) is 0. The lowest BCUT2D eigenvalue weighted by Crippen LogP contribution is -2.03. The highest BCUT2D eigenvalue weighted by atomic mass is 16.1. The SMILES string of the molecule is CC(=O)C1=C(c2ccccc2)c2ccc3ccccc3c2C1C. The van der Waals surface area contributed by atoms with Crippen LogP contribution in [0.1, 0.15) is 36.5 Å². The first-order valence-electron chi connectivity index (χ1n) is 8.01. The molecule has 3 aromatic rings. The van der Waals surface area contributed by atoms with Crippen molar-refractivity contribution in [3.8, 4) is 0 Å². The zero-order chi connectivity index (χ0) is 16.0. The fourth-order valence-corrected chi connectivity index (χ4v) is 3.88. The van der Waals surface area contributed by atoms with Gasteiger partial charge in [0, 0.05) is 11.5 Å². The lowest BCUT2D eigenvalue weighted by Gasteiger charge is -2.11. The average Bonchev–Trinajstić information content (AvgIpc) is 2.89. The van der Waals surface area contributed by atoms with E-state index in [1.807, 2.05) is 18.2 Å². The maximum Gasteiger partial charge on any atom is 0.157 e. The van der Waals surface area contributed by atoms with Gasteiger partial charge in [-0.05, 0) is 40.0 Å². The van der Waals surface area contributed by atoms with Crippen LogP contribution in [0.25, 0.3) is 16.3 Å². The fourth-order valence-electron chi connectivity index (χ4n) is 3.88. The van der Waals surface area contributed by atoms with Crippen LogP contribution in [0.3, 0.4) is 0 Å². The number of ketones is 1. The summed E-state index contributed by atoms with van der Waals surface area (Å²) >= 11 is 0. The molecule has 1 unspecified atom stereocenters. The van der Waals surface area contributed by atoms with Gasteiger partial charge in [-0.2, -0.15) is 0 Å². The Morgan fingerprint density at radius 3 is 2.30 bits per heavy atom. The predicted molar refractivity (Wildman–Crippen MR) is 95.5 cm³/mol. The number of Topliss-reactive ketones (excluding diaryl/α,β-unsaturated/α-hetero) is 1. The van der Waals surface area contributed by atoms with Crippen molar-refractivity contribution in [2.45, 2.75) is 19.8 Å². The van der Waals surface area contributed by atoms with Crippen molar-refractivity contribution >= 4 is 22.1 Å². The number of rotatable bonds is 2. The highest BCUT2D eigenvalue weighted by Gasteiger charge is 2.32. The van der Waals surface area contributed by atoms with Crippen molar-refractivity contribution in [1.29, 1.82) is 0 Å². The molecule has 0 aliphatic heterocycles. The number of hydrogen-bond donors (Lipinski definition) is 0. The first-order valence-corrected chi connectivity index (χ1v) is 8.01. The molecular weight excluding hydrogens is 280 g/mol. The van der Waals surface area contributed by atoms with Crippen LogP contribution in [0.5, 0.6) is 0 Å². The highest BCUT2D eigenvalue weighted by molar-refractivity contribution is 6.11. The standard InChI is InChI=1S/C22H18O/c1-14-20(15(2)23)22(17-9-4-3-5-10-17)19-13-12-16-8-6-7-11-18(16)21(14)19/h3-14H,1-2H3. The minimum Gasteiger partial charge on any atom is -0.295 e. The Morgan fingerprint density at radius 2 is 1.57 bits per heavy atom. The Hall–Kier alpha value is -2.67. The molecule has 0 spiro atoms. The molecule has 0 saturated heterocycles. The summed E-state index contributed by atoms with van der Waals surface area (Å²) in [4.78, 5) is 12.4. The van der Waals surface area contributed by atoms with Gasteiger partial charge in [0.25, 0.3) is 0 Å². The monoisotopic (exact) mass is 298 g/mol. The van der Waals surface area contributed by atoms with E-state index in [2.05, 4.69) is 55.5 Å². The van der Waals surface area contributed by atoms with Crippen LogP contribution < -0.4 is 0 Å². The van der Waals surface area contributed by atoms with Crippen LogP contribution >= 0.6 is 0 Å². The van der Waals surface area contributed by atoms with Crippen LogP contribution in [-0.2, 0) is 4.79 Å². The molecule has 1 aliphatic carbocycles. The summed E-state index contributed by atoms with van der Waals surface area (Å²) in [5, 5.41) is 2.48. The van der Waals surface area contributed by atoms with E-state index < -0.39 is 0 Å². The van der Waals surface area contributed by atoms with Crippen LogP contribution in [-0.4, -0.2) is 5.78 Å². The molecule has 4 rings (SSSR count). The van der Waals surface area contributed by atoms with Crippen molar-refractivity contribution in [2.75, 3.05) is 0 Å². The molecule has 112 valence electrons. The summed E-state index contributed by atoms with van der Waals surface area (Å²) in [6, 6.07) is 23.0. The van der Waals surface area contributed by atoms with Crippen molar-refractivity contribution < 1.29 is 4.79 Å². The Kier molecular flexibility index (Phi) is 3.16. The van der Waals surface area contributed by atoms with Crippen LogP contribution in [0.4, 0.5) is 0 Å². The second kappa shape index (κ2) is 5.20. The topological polar surface area (TPSA) is 17.1 Å². The lowest BCUT2D eigenvalue weighted by atomic mass is 9.91. The number of carbonyl (C=O) groups is 1. The number of hydrogen-bond acceptors (Lipinski definition) is 1. The van der Waals surface area contributed by atoms with Gasteiger partial charge >= 0.3 is 0 Å². The van der Waals surface area contributed by atoms with Gasteiger partial charge in [0.1, 0.15) is 0 Å². The van der Waals surface area contributed by atoms with E-state index in [0.717, 1.165) is 16.7 Å². The minimum atomic E-state index is 0.129. The van der Waals surface area contributed by atoms with E-state index in [4.69, 9.17) is 0 Å². The van der Waals surface area contributed by atoms with E-state index in [-0.39, 0.29) is 11.7 Å². The Labute approximate surface area is 136 Å². The van der Waals surface area contributed by atoms with Crippen molar-refractivity contribution in [1.82, 2.24) is 0 Å². The molecule has 1 heteroatoms. The quantitative estimate of drug-likeness (QED) is 0.623. The molecule has 0 amide bonds. The third-order valence-electron chi connectivity index (χ3n) is 4.82. The number of benzene rings is 3. The Morgan fingerprint density at radius 1 is 0.870 bits per heavy atom. The molecule has 1 atom stereocenters. The molecule has 0 N–H and O–H groups in total. The Bertz CT molecular complexity index is 948. The van der Waals surface area contributed by atoms with Crippen LogP contribution in [0.15, 0.2) is 72.3 Å². The normalized spacial score (nSPS) is 16.7. The van der Waals surface area contributed by atoms with Crippen LogP contribution in [0.2, 0.25) is 0 Å². The van der Waals surface area contributed by atoms with Crippen molar-refractivity contribution in [2.24, 2.45) is 0 Å². The molecule has 1 aliphatic rings. The summed E-state index contributed by atoms with van der Waals surface area (Å²) in [6.45, 7) is 3.83. The van der Waals surface area contributed by atoms with Crippen LogP contribution in [0, 0.1) is 0 Å². The summed E-state index contributed by atoms with van der Waals surface area (Å²) in [7, 11) is 0. The number of fused-ring (bicyclic) bond motifs is 3. The third-order valence-corrected chi connectivity index (χ3v) is 4.82. The van der Waals surface area contributed by atoms with Crippen molar-refractivity contribution in [3.05, 3.63) is 89.0 Å². The molecular formula is C22H18O. The van der Waals surface area contributed by atoms with E-state index in [1.54, 1.807) is 6.92 Å². The minimum absolute atomic E-state index is 0.129. The van der Waals surface area contributed by atoms with Gasteiger partial charge in [0.15, 0.2) is 5.78 Å². The van der Waals surface area contributed by atoms with Gasteiger partial charge in [-0.25, -0.2) is 0 Å². The van der Waals surface area contributed by atoms with Gasteiger partial charge in [-0.15, -0.1) is 0 Å². The first-order chi connectivity index (χ1) is 11.2. The van der Waals surface area contributed by atoms with E-state index in [1.165, 1.54) is 21.9 Å². The fraction of sp³-hybridized carbons (Fsp3) is 0.136. The zero-order valence-electron chi connectivity index (χ0n) is 13.3. The van der Waals surface area contributed by atoms with E-state index >= 15 is 0 Å². The summed E-state index contributed by atoms with van der Waals surface area (Å²) in [5.41, 5.74) is 5.65. The average molecular weight is 298 g/mol. The molecule has 0 heterocycles. The van der Waals surface area contributed by atoms with Gasteiger partial charge < -0.3 is 0 Å². The van der Waals surface area contributed by atoms with Gasteiger partial charge in [-0.1, -0.05) is 73.7 Å². The lowest BCUT2D eigenvalue weighted by molar-refractivity contribution is -0.113. The maximum absolute atomic E-state index is 12.4. The molecule has 0 bridgehead atoms. The van der Waals surface area contributed by atoms with E-state index in [9.17, 15) is 4.79 Å². The summed E-state index contributed by atoms with van der Waals surface area (Å²) < 4.78 is 0.